The molecule has 0 saturated heterocycles. The number of hydrogen-bond acceptors (Lipinski definition) is 3. The van der Waals surface area contributed by atoms with Gasteiger partial charge in [0.2, 0.25) is 0 Å². The first-order chi connectivity index (χ1) is 9.60. The zero-order chi connectivity index (χ0) is 14.5. The van der Waals surface area contributed by atoms with Crippen LogP contribution in [-0.2, 0) is 13.1 Å². The Morgan fingerprint density at radius 3 is 2.85 bits per heavy atom. The number of rotatable bonds is 6. The monoisotopic (exact) mass is 273 g/mol. The third-order valence-electron chi connectivity index (χ3n) is 3.21. The van der Waals surface area contributed by atoms with E-state index in [2.05, 4.69) is 35.3 Å². The van der Waals surface area contributed by atoms with Crippen LogP contribution in [0, 0.1) is 17.0 Å². The summed E-state index contributed by atoms with van der Waals surface area (Å²) in [5.74, 6) is 0. The average molecular weight is 273 g/mol. The molecule has 0 amide bonds. The molecule has 0 aliphatic carbocycles. The van der Waals surface area contributed by atoms with E-state index in [-0.39, 0.29) is 10.6 Å². The van der Waals surface area contributed by atoms with Crippen LogP contribution >= 0.6 is 0 Å². The smallest absolute Gasteiger partial charge is 0.271 e. The summed E-state index contributed by atoms with van der Waals surface area (Å²) in [6, 6.07) is 6.94. The molecule has 0 atom stereocenters. The molecule has 0 aliphatic rings. The predicted octanol–water partition coefficient (Wildman–Crippen LogP) is 3.73. The lowest BCUT2D eigenvalue weighted by Crippen LogP contribution is -2.01. The van der Waals surface area contributed by atoms with Crippen LogP contribution in [0.5, 0.6) is 0 Å². The Balaban J connectivity index is 2.05. The lowest BCUT2D eigenvalue weighted by molar-refractivity contribution is -0.384. The standard InChI is InChI=1S/C15H19N3O2/c1-3-7-17-8-6-13(11-17)10-16-15-9-14(18(19)20)5-4-12(15)2/h4-6,8-9,11,16H,3,7,10H2,1-2H3. The Kier molecular flexibility index (Phi) is 4.40. The maximum atomic E-state index is 10.8. The Bertz CT molecular complexity index is 605. The number of benzene rings is 1. The third kappa shape index (κ3) is 3.38. The molecule has 1 aromatic carbocycles. The van der Waals surface area contributed by atoms with E-state index in [1.54, 1.807) is 12.1 Å². The fourth-order valence-electron chi connectivity index (χ4n) is 2.10. The van der Waals surface area contributed by atoms with Crippen molar-refractivity contribution in [2.75, 3.05) is 5.32 Å². The van der Waals surface area contributed by atoms with E-state index >= 15 is 0 Å². The van der Waals surface area contributed by atoms with Crippen molar-refractivity contribution >= 4 is 11.4 Å². The molecule has 0 radical (unpaired) electrons. The highest BCUT2D eigenvalue weighted by atomic mass is 16.6. The van der Waals surface area contributed by atoms with Gasteiger partial charge in [0.1, 0.15) is 0 Å². The van der Waals surface area contributed by atoms with Gasteiger partial charge in [0.25, 0.3) is 5.69 Å². The van der Waals surface area contributed by atoms with Crippen LogP contribution in [0.25, 0.3) is 0 Å². The summed E-state index contributed by atoms with van der Waals surface area (Å²) in [5.41, 5.74) is 3.09. The summed E-state index contributed by atoms with van der Waals surface area (Å²) in [6.07, 6.45) is 5.26. The first-order valence-electron chi connectivity index (χ1n) is 6.73. The molecule has 0 spiro atoms. The minimum absolute atomic E-state index is 0.113. The fourth-order valence-corrected chi connectivity index (χ4v) is 2.10. The zero-order valence-corrected chi connectivity index (χ0v) is 11.8. The number of aromatic nitrogens is 1. The van der Waals surface area contributed by atoms with Crippen molar-refractivity contribution in [3.8, 4) is 0 Å². The number of anilines is 1. The van der Waals surface area contributed by atoms with Crippen molar-refractivity contribution in [1.82, 2.24) is 4.57 Å². The maximum absolute atomic E-state index is 10.8. The number of aryl methyl sites for hydroxylation is 2. The molecule has 1 aromatic heterocycles. The molecule has 0 fully saturated rings. The fraction of sp³-hybridized carbons (Fsp3) is 0.333. The number of nitro benzene ring substituents is 1. The van der Waals surface area contributed by atoms with Gasteiger partial charge in [-0.25, -0.2) is 0 Å². The topological polar surface area (TPSA) is 60.1 Å². The quantitative estimate of drug-likeness (QED) is 0.644. The van der Waals surface area contributed by atoms with E-state index < -0.39 is 0 Å². The summed E-state index contributed by atoms with van der Waals surface area (Å²) < 4.78 is 2.15. The highest BCUT2D eigenvalue weighted by Crippen LogP contribution is 2.22. The van der Waals surface area contributed by atoms with Crippen LogP contribution in [0.15, 0.2) is 36.7 Å². The molecule has 20 heavy (non-hydrogen) atoms. The van der Waals surface area contributed by atoms with E-state index in [0.29, 0.717) is 6.54 Å². The highest BCUT2D eigenvalue weighted by molar-refractivity contribution is 5.56. The average Bonchev–Trinajstić information content (AvgIpc) is 2.86. The Morgan fingerprint density at radius 2 is 2.15 bits per heavy atom. The van der Waals surface area contributed by atoms with Gasteiger partial charge in [-0.15, -0.1) is 0 Å². The molecule has 2 rings (SSSR count). The molecule has 1 heterocycles. The SMILES string of the molecule is CCCn1ccc(CNc2cc([N+](=O)[O-])ccc2C)c1. The van der Waals surface area contributed by atoms with Crippen molar-refractivity contribution in [1.29, 1.82) is 0 Å². The van der Waals surface area contributed by atoms with Crippen molar-refractivity contribution in [2.45, 2.75) is 33.4 Å². The third-order valence-corrected chi connectivity index (χ3v) is 3.21. The van der Waals surface area contributed by atoms with Gasteiger partial charge in [-0.05, 0) is 30.5 Å². The van der Waals surface area contributed by atoms with Gasteiger partial charge in [-0.3, -0.25) is 10.1 Å². The summed E-state index contributed by atoms with van der Waals surface area (Å²) in [6.45, 7) is 5.76. The van der Waals surface area contributed by atoms with E-state index in [1.807, 2.05) is 6.92 Å². The Hall–Kier alpha value is -2.30. The van der Waals surface area contributed by atoms with Crippen molar-refractivity contribution in [2.24, 2.45) is 0 Å². The van der Waals surface area contributed by atoms with E-state index in [9.17, 15) is 10.1 Å². The van der Waals surface area contributed by atoms with E-state index in [0.717, 1.165) is 24.2 Å². The molecule has 5 heteroatoms. The maximum Gasteiger partial charge on any atom is 0.271 e. The number of non-ortho nitro benzene ring substituents is 1. The van der Waals surface area contributed by atoms with Gasteiger partial charge in [0.15, 0.2) is 0 Å². The van der Waals surface area contributed by atoms with Crippen LogP contribution in [0.4, 0.5) is 11.4 Å². The molecule has 1 N–H and O–H groups in total. The van der Waals surface area contributed by atoms with Gasteiger partial charge in [0.05, 0.1) is 4.92 Å². The Labute approximate surface area is 118 Å². The molecular weight excluding hydrogens is 254 g/mol. The van der Waals surface area contributed by atoms with Gasteiger partial charge < -0.3 is 9.88 Å². The number of nitrogens with zero attached hydrogens (tertiary/aromatic N) is 2. The zero-order valence-electron chi connectivity index (χ0n) is 11.8. The Morgan fingerprint density at radius 1 is 1.35 bits per heavy atom. The van der Waals surface area contributed by atoms with Crippen LogP contribution in [0.3, 0.4) is 0 Å². The lowest BCUT2D eigenvalue weighted by atomic mass is 10.1. The van der Waals surface area contributed by atoms with Crippen molar-refractivity contribution in [3.05, 3.63) is 57.9 Å². The number of nitro groups is 1. The largest absolute Gasteiger partial charge is 0.380 e. The predicted molar refractivity (Wildman–Crippen MR) is 79.9 cm³/mol. The lowest BCUT2D eigenvalue weighted by Gasteiger charge is -2.08. The molecule has 0 saturated carbocycles. The van der Waals surface area contributed by atoms with Crippen LogP contribution < -0.4 is 5.32 Å². The molecule has 106 valence electrons. The molecule has 0 aliphatic heterocycles. The van der Waals surface area contributed by atoms with Gasteiger partial charge in [-0.1, -0.05) is 13.0 Å². The molecular formula is C15H19N3O2. The molecule has 0 unspecified atom stereocenters. The summed E-state index contributed by atoms with van der Waals surface area (Å²) >= 11 is 0. The first-order valence-corrected chi connectivity index (χ1v) is 6.73. The molecule has 2 aromatic rings. The van der Waals surface area contributed by atoms with Gasteiger partial charge in [0, 0.05) is 43.3 Å². The van der Waals surface area contributed by atoms with E-state index in [4.69, 9.17) is 0 Å². The van der Waals surface area contributed by atoms with E-state index in [1.165, 1.54) is 11.6 Å². The van der Waals surface area contributed by atoms with Gasteiger partial charge in [-0.2, -0.15) is 0 Å². The second-order valence-electron chi connectivity index (χ2n) is 4.87. The van der Waals surface area contributed by atoms with Crippen molar-refractivity contribution in [3.63, 3.8) is 0 Å². The second kappa shape index (κ2) is 6.23. The normalized spacial score (nSPS) is 10.5. The van der Waals surface area contributed by atoms with Gasteiger partial charge >= 0.3 is 0 Å². The van der Waals surface area contributed by atoms with Crippen LogP contribution in [0.2, 0.25) is 0 Å². The molecule has 0 bridgehead atoms. The summed E-state index contributed by atoms with van der Waals surface area (Å²) in [7, 11) is 0. The summed E-state index contributed by atoms with van der Waals surface area (Å²) in [5, 5.41) is 14.1. The molecule has 5 nitrogen and oxygen atoms in total. The highest BCUT2D eigenvalue weighted by Gasteiger charge is 2.08. The minimum atomic E-state index is -0.373. The number of nitrogens with one attached hydrogen (secondary N) is 1. The summed E-state index contributed by atoms with van der Waals surface area (Å²) in [4.78, 5) is 10.4. The number of hydrogen-bond donors (Lipinski definition) is 1. The second-order valence-corrected chi connectivity index (χ2v) is 4.87. The van der Waals surface area contributed by atoms with Crippen LogP contribution in [-0.4, -0.2) is 9.49 Å². The minimum Gasteiger partial charge on any atom is -0.380 e. The van der Waals surface area contributed by atoms with Crippen LogP contribution in [0.1, 0.15) is 24.5 Å². The first kappa shape index (κ1) is 14.1. The van der Waals surface area contributed by atoms with Crippen molar-refractivity contribution < 1.29 is 4.92 Å².